The van der Waals surface area contributed by atoms with Gasteiger partial charge in [0.2, 0.25) is 0 Å². The van der Waals surface area contributed by atoms with Crippen molar-refractivity contribution in [2.24, 2.45) is 11.7 Å². The molecule has 2 N–H and O–H groups in total. The SMILES string of the molecule is CCC(CC)C(=O)OCCOc1cc2nc(-c3nnc4ccc(C(N5CC[C@H](N)C5)C(F)(F)F)cn34)ccc2cc1F. The Bertz CT molecular complexity index is 1570. The van der Waals surface area contributed by atoms with Gasteiger partial charge in [0.15, 0.2) is 23.0 Å². The maximum atomic E-state index is 14.7. The van der Waals surface area contributed by atoms with Gasteiger partial charge < -0.3 is 15.2 Å². The minimum absolute atomic E-state index is 0.0311. The van der Waals surface area contributed by atoms with Crippen LogP contribution in [-0.4, -0.2) is 69.0 Å². The predicted octanol–water partition coefficient (Wildman–Crippen LogP) is 5.08. The van der Waals surface area contributed by atoms with Gasteiger partial charge in [-0.3, -0.25) is 14.1 Å². The highest BCUT2D eigenvalue weighted by Gasteiger charge is 2.46. The summed E-state index contributed by atoms with van der Waals surface area (Å²) in [4.78, 5) is 18.0. The summed E-state index contributed by atoms with van der Waals surface area (Å²) in [5.74, 6) is -0.958. The number of ether oxygens (including phenoxy) is 2. The maximum absolute atomic E-state index is 14.7. The molecule has 0 bridgehead atoms. The van der Waals surface area contributed by atoms with Crippen LogP contribution in [0.15, 0.2) is 42.6 Å². The molecule has 0 aliphatic carbocycles. The number of pyridine rings is 2. The molecule has 224 valence electrons. The zero-order valence-electron chi connectivity index (χ0n) is 23.3. The normalized spacial score (nSPS) is 16.9. The molecule has 1 unspecified atom stereocenters. The molecule has 1 fully saturated rings. The van der Waals surface area contributed by atoms with Crippen molar-refractivity contribution < 1.29 is 31.8 Å². The summed E-state index contributed by atoms with van der Waals surface area (Å²) in [7, 11) is 0. The van der Waals surface area contributed by atoms with E-state index < -0.39 is 18.0 Å². The van der Waals surface area contributed by atoms with Crippen molar-refractivity contribution in [2.45, 2.75) is 51.4 Å². The van der Waals surface area contributed by atoms with Gasteiger partial charge in [-0.25, -0.2) is 9.37 Å². The number of rotatable bonds is 10. The molecule has 9 nitrogen and oxygen atoms in total. The molecule has 4 aromatic rings. The smallest absolute Gasteiger partial charge is 0.408 e. The Labute approximate surface area is 239 Å². The number of likely N-dealkylation sites (tertiary alicyclic amines) is 1. The number of fused-ring (bicyclic) bond motifs is 2. The predicted molar refractivity (Wildman–Crippen MR) is 147 cm³/mol. The lowest BCUT2D eigenvalue weighted by Gasteiger charge is -2.30. The van der Waals surface area contributed by atoms with Crippen LogP contribution >= 0.6 is 0 Å². The Morgan fingerprint density at radius 3 is 2.60 bits per heavy atom. The lowest BCUT2D eigenvalue weighted by Crippen LogP contribution is -2.38. The van der Waals surface area contributed by atoms with E-state index in [2.05, 4.69) is 15.2 Å². The molecule has 0 amide bonds. The fourth-order valence-electron chi connectivity index (χ4n) is 5.29. The van der Waals surface area contributed by atoms with Crippen LogP contribution in [0.1, 0.15) is 44.7 Å². The van der Waals surface area contributed by atoms with Crippen LogP contribution in [0.4, 0.5) is 17.6 Å². The monoisotopic (exact) mass is 588 g/mol. The van der Waals surface area contributed by atoms with Gasteiger partial charge in [-0.2, -0.15) is 13.2 Å². The van der Waals surface area contributed by atoms with Gasteiger partial charge in [-0.05, 0) is 43.0 Å². The van der Waals surface area contributed by atoms with Gasteiger partial charge in [0, 0.05) is 36.8 Å². The summed E-state index contributed by atoms with van der Waals surface area (Å²) in [6.45, 7) is 4.12. The lowest BCUT2D eigenvalue weighted by molar-refractivity contribution is -0.183. The third kappa shape index (κ3) is 6.16. The number of carbonyl (C=O) groups excluding carboxylic acids is 1. The molecule has 3 aromatic heterocycles. The molecule has 2 atom stereocenters. The van der Waals surface area contributed by atoms with Crippen LogP contribution in [-0.2, 0) is 9.53 Å². The molecule has 1 aliphatic heterocycles. The molecule has 0 spiro atoms. The van der Waals surface area contributed by atoms with Gasteiger partial charge in [0.25, 0.3) is 0 Å². The van der Waals surface area contributed by atoms with E-state index in [1.54, 1.807) is 12.1 Å². The minimum atomic E-state index is -4.51. The summed E-state index contributed by atoms with van der Waals surface area (Å²) >= 11 is 0. The molecular weight excluding hydrogens is 556 g/mol. The largest absolute Gasteiger partial charge is 0.487 e. The second-order valence-electron chi connectivity index (χ2n) is 10.4. The number of esters is 1. The van der Waals surface area contributed by atoms with E-state index in [-0.39, 0.29) is 61.4 Å². The van der Waals surface area contributed by atoms with E-state index in [1.165, 1.54) is 39.8 Å². The number of benzene rings is 1. The molecule has 0 radical (unpaired) electrons. The van der Waals surface area contributed by atoms with Crippen molar-refractivity contribution in [3.05, 3.63) is 54.0 Å². The average molecular weight is 589 g/mol. The Morgan fingerprint density at radius 1 is 1.12 bits per heavy atom. The summed E-state index contributed by atoms with van der Waals surface area (Å²) < 4.78 is 69.5. The molecular formula is C29H32F4N6O3. The number of alkyl halides is 3. The fraction of sp³-hybridized carbons (Fsp3) is 0.448. The summed E-state index contributed by atoms with van der Waals surface area (Å²) in [6.07, 6.45) is -1.31. The van der Waals surface area contributed by atoms with Gasteiger partial charge in [0.05, 0.1) is 11.4 Å². The van der Waals surface area contributed by atoms with Crippen molar-refractivity contribution in [3.8, 4) is 17.3 Å². The quantitative estimate of drug-likeness (QED) is 0.155. The van der Waals surface area contributed by atoms with E-state index in [0.29, 0.717) is 41.5 Å². The minimum Gasteiger partial charge on any atom is -0.487 e. The summed E-state index contributed by atoms with van der Waals surface area (Å²) in [5, 5.41) is 8.76. The van der Waals surface area contributed by atoms with E-state index in [1.807, 2.05) is 13.8 Å². The van der Waals surface area contributed by atoms with Crippen LogP contribution in [0, 0.1) is 11.7 Å². The molecule has 5 rings (SSSR count). The summed E-state index contributed by atoms with van der Waals surface area (Å²) in [6, 6.07) is 6.67. The number of halogens is 4. The number of nitrogens with zero attached hydrogens (tertiary/aromatic N) is 5. The highest BCUT2D eigenvalue weighted by Crippen LogP contribution is 2.39. The second-order valence-corrected chi connectivity index (χ2v) is 10.4. The van der Waals surface area contributed by atoms with Crippen molar-refractivity contribution in [1.29, 1.82) is 0 Å². The lowest BCUT2D eigenvalue weighted by atomic mass is 10.0. The molecule has 13 heteroatoms. The van der Waals surface area contributed by atoms with Gasteiger partial charge >= 0.3 is 12.1 Å². The van der Waals surface area contributed by atoms with Gasteiger partial charge in [-0.1, -0.05) is 26.0 Å². The molecule has 1 saturated heterocycles. The Balaban J connectivity index is 1.40. The third-order valence-electron chi connectivity index (χ3n) is 7.55. The number of hydrogen-bond acceptors (Lipinski definition) is 8. The first kappa shape index (κ1) is 29.6. The van der Waals surface area contributed by atoms with Crippen LogP contribution in [0.3, 0.4) is 0 Å². The molecule has 42 heavy (non-hydrogen) atoms. The molecule has 1 aliphatic rings. The van der Waals surface area contributed by atoms with Gasteiger partial charge in [0.1, 0.15) is 24.9 Å². The van der Waals surface area contributed by atoms with Crippen molar-refractivity contribution in [3.63, 3.8) is 0 Å². The highest BCUT2D eigenvalue weighted by atomic mass is 19.4. The van der Waals surface area contributed by atoms with Crippen LogP contribution < -0.4 is 10.5 Å². The zero-order valence-corrected chi connectivity index (χ0v) is 23.3. The number of carbonyl (C=O) groups is 1. The Hall–Kier alpha value is -3.84. The fourth-order valence-corrected chi connectivity index (χ4v) is 5.29. The van der Waals surface area contributed by atoms with E-state index >= 15 is 0 Å². The Morgan fingerprint density at radius 2 is 1.90 bits per heavy atom. The first-order chi connectivity index (χ1) is 20.1. The molecule has 0 saturated carbocycles. The van der Waals surface area contributed by atoms with E-state index in [0.717, 1.165) is 0 Å². The van der Waals surface area contributed by atoms with Gasteiger partial charge in [-0.15, -0.1) is 10.2 Å². The number of aromatic nitrogens is 4. The van der Waals surface area contributed by atoms with Crippen molar-refractivity contribution >= 4 is 22.5 Å². The number of hydrogen-bond donors (Lipinski definition) is 1. The van der Waals surface area contributed by atoms with Crippen molar-refractivity contribution in [1.82, 2.24) is 24.5 Å². The topological polar surface area (TPSA) is 108 Å². The maximum Gasteiger partial charge on any atom is 0.408 e. The highest BCUT2D eigenvalue weighted by molar-refractivity contribution is 5.82. The third-order valence-corrected chi connectivity index (χ3v) is 7.55. The van der Waals surface area contributed by atoms with E-state index in [9.17, 15) is 22.4 Å². The first-order valence-corrected chi connectivity index (χ1v) is 13.9. The van der Waals surface area contributed by atoms with E-state index in [4.69, 9.17) is 15.2 Å². The van der Waals surface area contributed by atoms with Crippen LogP contribution in [0.2, 0.25) is 0 Å². The Kier molecular flexibility index (Phi) is 8.60. The molecule has 1 aromatic carbocycles. The van der Waals surface area contributed by atoms with Crippen LogP contribution in [0.25, 0.3) is 28.1 Å². The van der Waals surface area contributed by atoms with Crippen molar-refractivity contribution in [2.75, 3.05) is 26.3 Å². The number of nitrogens with two attached hydrogens (primary N) is 1. The second kappa shape index (κ2) is 12.2. The zero-order chi connectivity index (χ0) is 30.0. The molecule has 4 heterocycles. The first-order valence-electron chi connectivity index (χ1n) is 13.9. The standard InChI is InChI=1S/C29H32F4N6O3/c1-3-17(4-2)28(40)42-12-11-41-24-14-23-18(13-21(24)30)5-7-22(35-23)27-37-36-25-8-6-19(15-39(25)27)26(29(31,32)33)38-10-9-20(34)16-38/h5-8,13-15,17,20,26H,3-4,9-12,16,34H2,1-2H3/t20-,26?/m0/s1. The van der Waals surface area contributed by atoms with Crippen LogP contribution in [0.5, 0.6) is 5.75 Å². The average Bonchev–Trinajstić information content (AvgIpc) is 3.57. The summed E-state index contributed by atoms with van der Waals surface area (Å²) in [5.41, 5.74) is 6.99.